The summed E-state index contributed by atoms with van der Waals surface area (Å²) in [7, 11) is 1.33. The highest BCUT2D eigenvalue weighted by Gasteiger charge is 2.53. The number of fused-ring (bicyclic) bond motifs is 1. The Hall–Kier alpha value is -4.16. The van der Waals surface area contributed by atoms with Gasteiger partial charge < -0.3 is 9.88 Å². The van der Waals surface area contributed by atoms with Crippen molar-refractivity contribution in [2.75, 3.05) is 5.32 Å². The molecular weight excluding hydrogens is 523 g/mol. The van der Waals surface area contributed by atoms with Gasteiger partial charge in [-0.1, -0.05) is 12.1 Å². The number of anilines is 1. The first-order chi connectivity index (χ1) is 18.4. The monoisotopic (exact) mass is 546 g/mol. The van der Waals surface area contributed by atoms with Gasteiger partial charge in [0.15, 0.2) is 5.82 Å². The van der Waals surface area contributed by atoms with Gasteiger partial charge in [-0.15, -0.1) is 0 Å². The predicted octanol–water partition coefficient (Wildman–Crippen LogP) is 4.40. The fourth-order valence-corrected chi connectivity index (χ4v) is 4.57. The van der Waals surface area contributed by atoms with Crippen LogP contribution in [-0.2, 0) is 18.5 Å². The first-order valence-electron chi connectivity index (χ1n) is 12.0. The molecule has 5 rings (SSSR count). The van der Waals surface area contributed by atoms with Crippen LogP contribution in [0.4, 0.5) is 27.8 Å². The van der Waals surface area contributed by atoms with Crippen molar-refractivity contribution in [3.63, 3.8) is 0 Å². The second kappa shape index (κ2) is 9.24. The van der Waals surface area contributed by atoms with Crippen molar-refractivity contribution in [3.8, 4) is 0 Å². The summed E-state index contributed by atoms with van der Waals surface area (Å²) >= 11 is 0. The van der Waals surface area contributed by atoms with Crippen LogP contribution in [-0.4, -0.2) is 30.7 Å². The molecular formula is C26H23F5N6O2. The minimum atomic E-state index is -3.79. The SMILES string of the molecule is Cc1cnc(C(F)(F)c2cccc(C(C)Nc3nn(C)c(=O)c4cc(=O)n(C5(C(F)F)CC5)cc34)c2F)cn1. The Morgan fingerprint density at radius 2 is 1.82 bits per heavy atom. The lowest BCUT2D eigenvalue weighted by molar-refractivity contribution is 0.0334. The number of aryl methyl sites for hydroxylation is 2. The molecule has 4 aromatic rings. The van der Waals surface area contributed by atoms with Gasteiger partial charge in [0.05, 0.1) is 28.9 Å². The van der Waals surface area contributed by atoms with E-state index in [0.29, 0.717) is 5.69 Å². The number of rotatable bonds is 7. The van der Waals surface area contributed by atoms with Crippen LogP contribution in [0, 0.1) is 12.7 Å². The fraction of sp³-hybridized carbons (Fsp3) is 0.346. The molecule has 0 bridgehead atoms. The lowest BCUT2D eigenvalue weighted by Gasteiger charge is -2.22. The van der Waals surface area contributed by atoms with Crippen molar-refractivity contribution >= 4 is 16.6 Å². The Bertz CT molecular complexity index is 1700. The van der Waals surface area contributed by atoms with E-state index < -0.39 is 52.1 Å². The largest absolute Gasteiger partial charge is 0.361 e. The molecule has 1 aliphatic carbocycles. The van der Waals surface area contributed by atoms with Gasteiger partial charge in [0, 0.05) is 36.5 Å². The molecule has 39 heavy (non-hydrogen) atoms. The van der Waals surface area contributed by atoms with E-state index in [-0.39, 0.29) is 35.0 Å². The summed E-state index contributed by atoms with van der Waals surface area (Å²) in [5.41, 5.74) is -4.42. The molecule has 3 heterocycles. The lowest BCUT2D eigenvalue weighted by Crippen LogP contribution is -2.36. The van der Waals surface area contributed by atoms with E-state index in [1.165, 1.54) is 26.1 Å². The van der Waals surface area contributed by atoms with E-state index in [9.17, 15) is 18.4 Å². The predicted molar refractivity (Wildman–Crippen MR) is 133 cm³/mol. The number of aromatic nitrogens is 5. The van der Waals surface area contributed by atoms with Crippen LogP contribution in [0.1, 0.15) is 48.3 Å². The van der Waals surface area contributed by atoms with Crippen LogP contribution in [0.5, 0.6) is 0 Å². The highest BCUT2D eigenvalue weighted by Crippen LogP contribution is 2.48. The smallest absolute Gasteiger partial charge is 0.319 e. The minimum absolute atomic E-state index is 0.0145. The van der Waals surface area contributed by atoms with Crippen molar-refractivity contribution < 1.29 is 22.0 Å². The number of hydrogen-bond acceptors (Lipinski definition) is 6. The van der Waals surface area contributed by atoms with Gasteiger partial charge in [0.25, 0.3) is 17.5 Å². The molecule has 13 heteroatoms. The Kier molecular flexibility index (Phi) is 6.27. The maximum atomic E-state index is 15.5. The molecule has 0 saturated heterocycles. The summed E-state index contributed by atoms with van der Waals surface area (Å²) in [5, 5.41) is 7.03. The molecule has 3 aromatic heterocycles. The molecule has 1 aromatic carbocycles. The molecule has 1 atom stereocenters. The van der Waals surface area contributed by atoms with Gasteiger partial charge in [0.1, 0.15) is 17.1 Å². The highest BCUT2D eigenvalue weighted by atomic mass is 19.3. The Morgan fingerprint density at radius 3 is 2.44 bits per heavy atom. The van der Waals surface area contributed by atoms with Crippen molar-refractivity contribution in [2.24, 2.45) is 7.05 Å². The summed E-state index contributed by atoms with van der Waals surface area (Å²) < 4.78 is 75.4. The van der Waals surface area contributed by atoms with Crippen molar-refractivity contribution in [2.45, 2.75) is 50.6 Å². The van der Waals surface area contributed by atoms with Crippen LogP contribution >= 0.6 is 0 Å². The molecule has 0 spiro atoms. The van der Waals surface area contributed by atoms with Crippen LogP contribution in [0.3, 0.4) is 0 Å². The first kappa shape index (κ1) is 26.4. The second-order valence-corrected chi connectivity index (χ2v) is 9.68. The van der Waals surface area contributed by atoms with E-state index in [1.807, 2.05) is 0 Å². The molecule has 1 fully saturated rings. The zero-order chi connectivity index (χ0) is 28.3. The van der Waals surface area contributed by atoms with Gasteiger partial charge in [0.2, 0.25) is 0 Å². The normalized spacial score (nSPS) is 15.5. The zero-order valence-corrected chi connectivity index (χ0v) is 21.1. The number of halogens is 5. The number of alkyl halides is 4. The summed E-state index contributed by atoms with van der Waals surface area (Å²) in [6.07, 6.45) is 0.562. The van der Waals surface area contributed by atoms with E-state index in [2.05, 4.69) is 20.4 Å². The third-order valence-corrected chi connectivity index (χ3v) is 7.02. The quantitative estimate of drug-likeness (QED) is 0.346. The van der Waals surface area contributed by atoms with Gasteiger partial charge in [-0.05, 0) is 32.8 Å². The molecule has 8 nitrogen and oxygen atoms in total. The highest BCUT2D eigenvalue weighted by molar-refractivity contribution is 5.90. The van der Waals surface area contributed by atoms with E-state index in [4.69, 9.17) is 0 Å². The van der Waals surface area contributed by atoms with E-state index >= 15 is 13.2 Å². The molecule has 1 unspecified atom stereocenters. The summed E-state index contributed by atoms with van der Waals surface area (Å²) in [4.78, 5) is 32.9. The number of nitrogens with one attached hydrogen (secondary N) is 1. The van der Waals surface area contributed by atoms with Gasteiger partial charge in [-0.25, -0.2) is 17.9 Å². The molecule has 0 amide bonds. The van der Waals surface area contributed by atoms with Crippen LogP contribution < -0.4 is 16.4 Å². The third kappa shape index (κ3) is 4.35. The molecule has 204 valence electrons. The molecule has 1 saturated carbocycles. The molecule has 1 aliphatic rings. The number of hydrogen-bond donors (Lipinski definition) is 1. The van der Waals surface area contributed by atoms with Crippen molar-refractivity contribution in [1.29, 1.82) is 0 Å². The van der Waals surface area contributed by atoms with E-state index in [0.717, 1.165) is 40.0 Å². The van der Waals surface area contributed by atoms with Crippen molar-refractivity contribution in [1.82, 2.24) is 24.3 Å². The molecule has 0 aliphatic heterocycles. The second-order valence-electron chi connectivity index (χ2n) is 9.68. The fourth-order valence-electron chi connectivity index (χ4n) is 4.57. The lowest BCUT2D eigenvalue weighted by atomic mass is 9.98. The summed E-state index contributed by atoms with van der Waals surface area (Å²) in [6.45, 7) is 3.07. The molecule has 0 radical (unpaired) electrons. The summed E-state index contributed by atoms with van der Waals surface area (Å²) in [6, 6.07) is 3.53. The Balaban J connectivity index is 1.57. The van der Waals surface area contributed by atoms with Gasteiger partial charge in [-0.3, -0.25) is 19.6 Å². The van der Waals surface area contributed by atoms with Crippen LogP contribution in [0.25, 0.3) is 10.8 Å². The summed E-state index contributed by atoms with van der Waals surface area (Å²) in [5.74, 6) is -4.99. The molecule has 1 N–H and O–H groups in total. The van der Waals surface area contributed by atoms with Crippen LogP contribution in [0.2, 0.25) is 0 Å². The van der Waals surface area contributed by atoms with Gasteiger partial charge >= 0.3 is 5.92 Å². The minimum Gasteiger partial charge on any atom is -0.361 e. The average molecular weight is 547 g/mol. The first-order valence-corrected chi connectivity index (χ1v) is 12.0. The Labute approximate surface area is 218 Å². The van der Waals surface area contributed by atoms with E-state index in [1.54, 1.807) is 6.92 Å². The van der Waals surface area contributed by atoms with Gasteiger partial charge in [-0.2, -0.15) is 13.9 Å². The van der Waals surface area contributed by atoms with Crippen molar-refractivity contribution in [3.05, 3.63) is 91.9 Å². The number of pyridine rings is 1. The number of nitrogens with zero attached hydrogens (tertiary/aromatic N) is 5. The maximum absolute atomic E-state index is 15.5. The third-order valence-electron chi connectivity index (χ3n) is 7.02. The average Bonchev–Trinajstić information content (AvgIpc) is 3.69. The standard InChI is InChI=1S/C26H23F5N6O2/c1-13-10-33-19(11-32-13)26(30,31)18-6-4-5-15(21(18)27)14(2)34-22-17-12-37(25(7-8-25)24(28)29)20(38)9-16(17)23(39)36(3)35-22/h4-6,9-12,14,24H,7-8H2,1-3H3,(H,34,35). The Morgan fingerprint density at radius 1 is 1.10 bits per heavy atom. The zero-order valence-electron chi connectivity index (χ0n) is 21.1. The van der Waals surface area contributed by atoms with Crippen LogP contribution in [0.15, 0.2) is 52.4 Å². The number of benzene rings is 1. The topological polar surface area (TPSA) is 94.7 Å². The maximum Gasteiger partial charge on any atom is 0.319 e.